The van der Waals surface area contributed by atoms with Gasteiger partial charge in [0.05, 0.1) is 5.54 Å². The lowest BCUT2D eigenvalue weighted by molar-refractivity contribution is -0.0175. The highest BCUT2D eigenvalue weighted by Crippen LogP contribution is 2.30. The van der Waals surface area contributed by atoms with Crippen LogP contribution >= 0.6 is 0 Å². The van der Waals surface area contributed by atoms with Crippen LogP contribution in [-0.4, -0.2) is 41.8 Å². The van der Waals surface area contributed by atoms with Gasteiger partial charge < -0.3 is 15.0 Å². The molecular formula is C13H24N2O2. The molecule has 0 bridgehead atoms. The Hall–Kier alpha value is -0.770. The van der Waals surface area contributed by atoms with E-state index in [0.29, 0.717) is 0 Å². The van der Waals surface area contributed by atoms with E-state index < -0.39 is 5.60 Å². The van der Waals surface area contributed by atoms with Crippen LogP contribution in [0.2, 0.25) is 0 Å². The van der Waals surface area contributed by atoms with Crippen molar-refractivity contribution in [1.82, 2.24) is 10.2 Å². The maximum absolute atomic E-state index is 11.8. The van der Waals surface area contributed by atoms with E-state index in [2.05, 4.69) is 5.32 Å². The largest absolute Gasteiger partial charge is 0.444 e. The van der Waals surface area contributed by atoms with E-state index in [1.165, 1.54) is 25.7 Å². The molecule has 0 radical (unpaired) electrons. The van der Waals surface area contributed by atoms with Gasteiger partial charge in [-0.25, -0.2) is 4.79 Å². The molecule has 2 saturated heterocycles. The molecule has 2 aliphatic rings. The molecule has 1 amide bonds. The van der Waals surface area contributed by atoms with E-state index in [0.717, 1.165) is 19.6 Å². The van der Waals surface area contributed by atoms with Gasteiger partial charge in [0, 0.05) is 13.1 Å². The number of amides is 1. The second-order valence-corrected chi connectivity index (χ2v) is 6.35. The summed E-state index contributed by atoms with van der Waals surface area (Å²) < 4.78 is 5.37. The first-order valence-electron chi connectivity index (χ1n) is 6.63. The number of ether oxygens (including phenoxy) is 1. The molecule has 0 atom stereocenters. The number of likely N-dealkylation sites (tertiary alicyclic amines) is 1. The summed E-state index contributed by atoms with van der Waals surface area (Å²) in [5.41, 5.74) is -0.204. The lowest BCUT2D eigenvalue weighted by Gasteiger charge is -2.50. The molecule has 4 nitrogen and oxygen atoms in total. The number of carbonyl (C=O) groups excluding carboxylic acids is 1. The fraction of sp³-hybridized carbons (Fsp3) is 0.923. The number of rotatable bonds is 0. The minimum atomic E-state index is -0.392. The molecule has 2 fully saturated rings. The zero-order chi connectivity index (χ0) is 12.5. The summed E-state index contributed by atoms with van der Waals surface area (Å²) in [6.07, 6.45) is 4.85. The predicted octanol–water partition coefficient (Wildman–Crippen LogP) is 2.14. The molecule has 0 saturated carbocycles. The molecule has 0 aromatic rings. The van der Waals surface area contributed by atoms with Crippen molar-refractivity contribution >= 4 is 6.09 Å². The Labute approximate surface area is 104 Å². The Bertz CT molecular complexity index is 280. The van der Waals surface area contributed by atoms with Crippen molar-refractivity contribution in [2.75, 3.05) is 19.6 Å². The highest BCUT2D eigenvalue weighted by atomic mass is 16.6. The molecule has 1 N–H and O–H groups in total. The molecule has 17 heavy (non-hydrogen) atoms. The molecular weight excluding hydrogens is 216 g/mol. The molecule has 0 unspecified atom stereocenters. The summed E-state index contributed by atoms with van der Waals surface area (Å²) in [7, 11) is 0. The van der Waals surface area contributed by atoms with Gasteiger partial charge in [0.15, 0.2) is 0 Å². The number of hydrogen-bond acceptors (Lipinski definition) is 3. The van der Waals surface area contributed by atoms with Gasteiger partial charge in [0.1, 0.15) is 5.60 Å². The van der Waals surface area contributed by atoms with Gasteiger partial charge in [0.25, 0.3) is 0 Å². The highest BCUT2D eigenvalue weighted by Gasteiger charge is 2.46. The number of hydrogen-bond donors (Lipinski definition) is 1. The van der Waals surface area contributed by atoms with Crippen molar-refractivity contribution in [3.63, 3.8) is 0 Å². The van der Waals surface area contributed by atoms with E-state index >= 15 is 0 Å². The molecule has 0 aliphatic carbocycles. The Kier molecular flexibility index (Phi) is 3.34. The fourth-order valence-corrected chi connectivity index (χ4v) is 2.62. The Morgan fingerprint density at radius 1 is 1.24 bits per heavy atom. The number of nitrogens with one attached hydrogen (secondary N) is 1. The molecule has 4 heteroatoms. The third-order valence-electron chi connectivity index (χ3n) is 3.47. The quantitative estimate of drug-likeness (QED) is 0.705. The van der Waals surface area contributed by atoms with Gasteiger partial charge >= 0.3 is 6.09 Å². The lowest BCUT2D eigenvalue weighted by Crippen LogP contribution is -2.70. The van der Waals surface area contributed by atoms with Crippen LogP contribution in [0.25, 0.3) is 0 Å². The summed E-state index contributed by atoms with van der Waals surface area (Å²) in [4.78, 5) is 13.6. The Balaban J connectivity index is 1.83. The minimum Gasteiger partial charge on any atom is -0.444 e. The summed E-state index contributed by atoms with van der Waals surface area (Å²) in [5, 5.41) is 3.59. The van der Waals surface area contributed by atoms with Crippen LogP contribution in [0.3, 0.4) is 0 Å². The molecule has 2 heterocycles. The SMILES string of the molecule is CC(C)(C)OC(=O)N1CC2(CCCCCN2)C1. The summed E-state index contributed by atoms with van der Waals surface area (Å²) in [6, 6.07) is 0. The van der Waals surface area contributed by atoms with E-state index in [1.54, 1.807) is 0 Å². The van der Waals surface area contributed by atoms with E-state index in [4.69, 9.17) is 4.74 Å². The summed E-state index contributed by atoms with van der Waals surface area (Å²) >= 11 is 0. The summed E-state index contributed by atoms with van der Waals surface area (Å²) in [6.45, 7) is 8.42. The standard InChI is InChI=1S/C13H24N2O2/c1-12(2,3)17-11(16)15-9-13(10-15)7-5-4-6-8-14-13/h14H,4-10H2,1-3H3. The van der Waals surface area contributed by atoms with Crippen molar-refractivity contribution in [1.29, 1.82) is 0 Å². The average Bonchev–Trinajstić information content (AvgIpc) is 2.36. The zero-order valence-electron chi connectivity index (χ0n) is 11.2. The first-order valence-corrected chi connectivity index (χ1v) is 6.63. The molecule has 0 aromatic heterocycles. The van der Waals surface area contributed by atoms with Crippen molar-refractivity contribution in [3.05, 3.63) is 0 Å². The van der Waals surface area contributed by atoms with E-state index in [9.17, 15) is 4.79 Å². The van der Waals surface area contributed by atoms with Crippen molar-refractivity contribution in [2.45, 2.75) is 57.6 Å². The molecule has 0 aromatic carbocycles. The first-order chi connectivity index (χ1) is 7.90. The van der Waals surface area contributed by atoms with Crippen LogP contribution in [-0.2, 0) is 4.74 Å². The van der Waals surface area contributed by atoms with Gasteiger partial charge in [-0.1, -0.05) is 12.8 Å². The minimum absolute atomic E-state index is 0.172. The maximum atomic E-state index is 11.8. The fourth-order valence-electron chi connectivity index (χ4n) is 2.62. The van der Waals surface area contributed by atoms with Gasteiger partial charge in [-0.05, 0) is 40.2 Å². The predicted molar refractivity (Wildman–Crippen MR) is 67.0 cm³/mol. The normalized spacial score (nSPS) is 24.1. The molecule has 98 valence electrons. The molecule has 2 rings (SSSR count). The van der Waals surface area contributed by atoms with Gasteiger partial charge in [-0.15, -0.1) is 0 Å². The van der Waals surface area contributed by atoms with Crippen LogP contribution in [0.1, 0.15) is 46.5 Å². The van der Waals surface area contributed by atoms with Gasteiger partial charge in [-0.2, -0.15) is 0 Å². The van der Waals surface area contributed by atoms with Crippen LogP contribution in [0.5, 0.6) is 0 Å². The number of carbonyl (C=O) groups is 1. The van der Waals surface area contributed by atoms with Crippen LogP contribution in [0.4, 0.5) is 4.79 Å². The maximum Gasteiger partial charge on any atom is 0.410 e. The van der Waals surface area contributed by atoms with E-state index in [-0.39, 0.29) is 11.6 Å². The first kappa shape index (κ1) is 12.7. The van der Waals surface area contributed by atoms with Crippen molar-refractivity contribution < 1.29 is 9.53 Å². The molecule has 1 spiro atoms. The Morgan fingerprint density at radius 2 is 1.94 bits per heavy atom. The third kappa shape index (κ3) is 3.12. The van der Waals surface area contributed by atoms with Crippen molar-refractivity contribution in [3.8, 4) is 0 Å². The molecule has 2 aliphatic heterocycles. The second kappa shape index (κ2) is 4.48. The topological polar surface area (TPSA) is 41.6 Å². The van der Waals surface area contributed by atoms with Crippen LogP contribution in [0, 0.1) is 0 Å². The summed E-state index contributed by atoms with van der Waals surface area (Å²) in [5.74, 6) is 0. The van der Waals surface area contributed by atoms with E-state index in [1.807, 2.05) is 25.7 Å². The average molecular weight is 240 g/mol. The zero-order valence-corrected chi connectivity index (χ0v) is 11.2. The third-order valence-corrected chi connectivity index (χ3v) is 3.47. The number of nitrogens with zero attached hydrogens (tertiary/aromatic N) is 1. The van der Waals surface area contributed by atoms with Gasteiger partial charge in [0.2, 0.25) is 0 Å². The van der Waals surface area contributed by atoms with Crippen LogP contribution in [0.15, 0.2) is 0 Å². The van der Waals surface area contributed by atoms with Crippen molar-refractivity contribution in [2.24, 2.45) is 0 Å². The lowest BCUT2D eigenvalue weighted by atomic mass is 9.85. The smallest absolute Gasteiger partial charge is 0.410 e. The Morgan fingerprint density at radius 3 is 2.59 bits per heavy atom. The highest BCUT2D eigenvalue weighted by molar-refractivity contribution is 5.69. The monoisotopic (exact) mass is 240 g/mol. The second-order valence-electron chi connectivity index (χ2n) is 6.35. The van der Waals surface area contributed by atoms with Gasteiger partial charge in [-0.3, -0.25) is 0 Å². The van der Waals surface area contributed by atoms with Crippen LogP contribution < -0.4 is 5.32 Å².